The van der Waals surface area contributed by atoms with Gasteiger partial charge in [0, 0.05) is 5.56 Å². The minimum absolute atomic E-state index is 0.340. The summed E-state index contributed by atoms with van der Waals surface area (Å²) in [5, 5.41) is 12.2. The van der Waals surface area contributed by atoms with Gasteiger partial charge in [-0.1, -0.05) is 17.4 Å². The maximum atomic E-state index is 12.5. The second kappa shape index (κ2) is 6.70. The summed E-state index contributed by atoms with van der Waals surface area (Å²) in [6.07, 6.45) is 3.14. The summed E-state index contributed by atoms with van der Waals surface area (Å²) in [5.74, 6) is 0.883. The van der Waals surface area contributed by atoms with Gasteiger partial charge in [0.2, 0.25) is 0 Å². The average molecular weight is 361 g/mol. The van der Waals surface area contributed by atoms with Gasteiger partial charge >= 0.3 is 0 Å². The van der Waals surface area contributed by atoms with E-state index in [2.05, 4.69) is 10.3 Å². The molecule has 0 spiro atoms. The lowest BCUT2D eigenvalue weighted by molar-refractivity contribution is 0.102. The number of hydrogen-bond acceptors (Lipinski definition) is 6. The van der Waals surface area contributed by atoms with Crippen molar-refractivity contribution >= 4 is 22.4 Å². The molecule has 4 rings (SSSR count). The molecule has 3 heterocycles. The molecular weight excluding hydrogens is 350 g/mol. The summed E-state index contributed by atoms with van der Waals surface area (Å²) in [5.41, 5.74) is 1.40. The van der Waals surface area contributed by atoms with Crippen LogP contribution in [0.4, 0.5) is 5.13 Å². The molecule has 1 amide bonds. The molecule has 1 N–H and O–H groups in total. The van der Waals surface area contributed by atoms with E-state index >= 15 is 0 Å². The standard InChI is InChI=1S/C19H11N3O3S/c20-11-12-4-1-5-13(10-12)18(23)22-19-21-16(14-6-2-8-24-14)17(26-19)15-7-3-9-25-15/h1-10H,(H,21,22,23). The van der Waals surface area contributed by atoms with E-state index in [0.717, 1.165) is 4.88 Å². The number of furan rings is 2. The van der Waals surface area contributed by atoms with Crippen LogP contribution in [0, 0.1) is 11.3 Å². The molecule has 0 aliphatic heterocycles. The third kappa shape index (κ3) is 3.01. The van der Waals surface area contributed by atoms with Crippen LogP contribution in [-0.4, -0.2) is 10.9 Å². The Bertz CT molecular complexity index is 1040. The number of rotatable bonds is 4. The van der Waals surface area contributed by atoms with Crippen molar-refractivity contribution in [1.82, 2.24) is 4.98 Å². The third-order valence-electron chi connectivity index (χ3n) is 3.60. The number of nitrogens with zero attached hydrogens (tertiary/aromatic N) is 2. The largest absolute Gasteiger partial charge is 0.463 e. The van der Waals surface area contributed by atoms with Gasteiger partial charge in [-0.2, -0.15) is 5.26 Å². The number of nitrogens with one attached hydrogen (secondary N) is 1. The summed E-state index contributed by atoms with van der Waals surface area (Å²) in [7, 11) is 0. The molecule has 7 heteroatoms. The van der Waals surface area contributed by atoms with Crippen LogP contribution in [0.5, 0.6) is 0 Å². The fraction of sp³-hybridized carbons (Fsp3) is 0. The number of hydrogen-bond donors (Lipinski definition) is 1. The molecule has 3 aromatic heterocycles. The fourth-order valence-electron chi connectivity index (χ4n) is 2.43. The van der Waals surface area contributed by atoms with E-state index < -0.39 is 0 Å². The molecule has 0 radical (unpaired) electrons. The first-order valence-electron chi connectivity index (χ1n) is 7.64. The minimum Gasteiger partial charge on any atom is -0.463 e. The Balaban J connectivity index is 1.68. The number of benzene rings is 1. The van der Waals surface area contributed by atoms with Crippen molar-refractivity contribution in [3.8, 4) is 28.2 Å². The molecule has 1 aromatic carbocycles. The Morgan fingerprint density at radius 3 is 2.54 bits per heavy atom. The number of thiazole rings is 1. The maximum absolute atomic E-state index is 12.5. The minimum atomic E-state index is -0.340. The lowest BCUT2D eigenvalue weighted by Crippen LogP contribution is -2.11. The molecule has 6 nitrogen and oxygen atoms in total. The molecule has 0 bridgehead atoms. The van der Waals surface area contributed by atoms with Crippen molar-refractivity contribution in [2.24, 2.45) is 0 Å². The Morgan fingerprint density at radius 2 is 1.85 bits per heavy atom. The molecule has 0 saturated heterocycles. The summed E-state index contributed by atoms with van der Waals surface area (Å²) < 4.78 is 10.9. The average Bonchev–Trinajstić information content (AvgIpc) is 3.41. The van der Waals surface area contributed by atoms with Crippen molar-refractivity contribution in [2.75, 3.05) is 5.32 Å². The van der Waals surface area contributed by atoms with Crippen LogP contribution >= 0.6 is 11.3 Å². The monoisotopic (exact) mass is 361 g/mol. The first-order chi connectivity index (χ1) is 12.7. The Morgan fingerprint density at radius 1 is 1.08 bits per heavy atom. The van der Waals surface area contributed by atoms with Crippen LogP contribution in [0.1, 0.15) is 15.9 Å². The zero-order valence-corrected chi connectivity index (χ0v) is 14.1. The highest BCUT2D eigenvalue weighted by molar-refractivity contribution is 7.19. The zero-order valence-electron chi connectivity index (χ0n) is 13.3. The van der Waals surface area contributed by atoms with Crippen molar-refractivity contribution in [1.29, 1.82) is 5.26 Å². The summed E-state index contributed by atoms with van der Waals surface area (Å²) in [6.45, 7) is 0. The van der Waals surface area contributed by atoms with Gasteiger partial charge in [-0.3, -0.25) is 10.1 Å². The van der Waals surface area contributed by atoms with Crippen LogP contribution in [0.15, 0.2) is 69.9 Å². The van der Waals surface area contributed by atoms with Crippen molar-refractivity contribution in [3.05, 3.63) is 72.2 Å². The van der Waals surface area contributed by atoms with Crippen LogP contribution in [-0.2, 0) is 0 Å². The molecule has 0 unspecified atom stereocenters. The second-order valence-electron chi connectivity index (χ2n) is 5.30. The van der Waals surface area contributed by atoms with E-state index in [1.807, 2.05) is 12.1 Å². The van der Waals surface area contributed by atoms with Gasteiger partial charge in [-0.05, 0) is 42.5 Å². The van der Waals surface area contributed by atoms with Crippen molar-refractivity contribution < 1.29 is 13.6 Å². The van der Waals surface area contributed by atoms with Crippen LogP contribution in [0.25, 0.3) is 22.1 Å². The van der Waals surface area contributed by atoms with Crippen molar-refractivity contribution in [3.63, 3.8) is 0 Å². The quantitative estimate of drug-likeness (QED) is 0.564. The smallest absolute Gasteiger partial charge is 0.257 e. The highest BCUT2D eigenvalue weighted by Gasteiger charge is 2.20. The zero-order chi connectivity index (χ0) is 17.9. The van der Waals surface area contributed by atoms with Gasteiger partial charge in [-0.25, -0.2) is 4.98 Å². The number of nitriles is 1. The number of carbonyl (C=O) groups is 1. The van der Waals surface area contributed by atoms with E-state index in [9.17, 15) is 4.79 Å². The van der Waals surface area contributed by atoms with Crippen LogP contribution in [0.2, 0.25) is 0 Å². The van der Waals surface area contributed by atoms with Crippen LogP contribution in [0.3, 0.4) is 0 Å². The number of aromatic nitrogens is 1. The summed E-state index contributed by atoms with van der Waals surface area (Å²) in [4.78, 5) is 17.7. The number of amides is 1. The van der Waals surface area contributed by atoms with E-state index in [0.29, 0.717) is 33.5 Å². The molecule has 0 aliphatic carbocycles. The van der Waals surface area contributed by atoms with Gasteiger partial charge in [0.25, 0.3) is 5.91 Å². The molecule has 4 aromatic rings. The summed E-state index contributed by atoms with van der Waals surface area (Å²) >= 11 is 1.29. The maximum Gasteiger partial charge on any atom is 0.257 e. The van der Waals surface area contributed by atoms with Gasteiger partial charge < -0.3 is 8.83 Å². The third-order valence-corrected chi connectivity index (χ3v) is 4.59. The number of carbonyl (C=O) groups excluding carboxylic acids is 1. The molecular formula is C19H11N3O3S. The number of anilines is 1. The molecule has 26 heavy (non-hydrogen) atoms. The lowest BCUT2D eigenvalue weighted by atomic mass is 10.1. The van der Waals surface area contributed by atoms with Gasteiger partial charge in [0.1, 0.15) is 16.3 Å². The Kier molecular flexibility index (Phi) is 4.09. The summed E-state index contributed by atoms with van der Waals surface area (Å²) in [6, 6.07) is 15.7. The van der Waals surface area contributed by atoms with E-state index in [4.69, 9.17) is 14.1 Å². The Hall–Kier alpha value is -3.63. The van der Waals surface area contributed by atoms with Gasteiger partial charge in [0.15, 0.2) is 10.9 Å². The predicted molar refractivity (Wildman–Crippen MR) is 96.6 cm³/mol. The molecule has 0 atom stereocenters. The first-order valence-corrected chi connectivity index (χ1v) is 8.46. The molecule has 0 saturated carbocycles. The lowest BCUT2D eigenvalue weighted by Gasteiger charge is -2.01. The molecule has 0 aliphatic rings. The highest BCUT2D eigenvalue weighted by atomic mass is 32.1. The normalized spacial score (nSPS) is 10.4. The topological polar surface area (TPSA) is 92.1 Å². The fourth-order valence-corrected chi connectivity index (χ4v) is 3.36. The SMILES string of the molecule is N#Cc1cccc(C(=O)Nc2nc(-c3ccco3)c(-c3ccco3)s2)c1. The Labute approximate surface area is 152 Å². The van der Waals surface area contributed by atoms with E-state index in [-0.39, 0.29) is 5.91 Å². The van der Waals surface area contributed by atoms with E-state index in [1.54, 1.807) is 48.9 Å². The van der Waals surface area contributed by atoms with Crippen LogP contribution < -0.4 is 5.32 Å². The first kappa shape index (κ1) is 15.9. The second-order valence-corrected chi connectivity index (χ2v) is 6.30. The van der Waals surface area contributed by atoms with Gasteiger partial charge in [0.05, 0.1) is 24.2 Å². The molecule has 0 fully saturated rings. The van der Waals surface area contributed by atoms with Gasteiger partial charge in [-0.15, -0.1) is 0 Å². The highest BCUT2D eigenvalue weighted by Crippen LogP contribution is 2.39. The van der Waals surface area contributed by atoms with Crippen molar-refractivity contribution in [2.45, 2.75) is 0 Å². The molecule has 126 valence electrons. The van der Waals surface area contributed by atoms with E-state index in [1.165, 1.54) is 17.4 Å². The predicted octanol–water partition coefficient (Wildman–Crippen LogP) is 4.79.